The molecule has 0 heterocycles. The summed E-state index contributed by atoms with van der Waals surface area (Å²) >= 11 is 0. The first-order valence-electron chi connectivity index (χ1n) is 7.18. The van der Waals surface area contributed by atoms with Gasteiger partial charge in [-0.25, -0.2) is 0 Å². The van der Waals surface area contributed by atoms with Crippen molar-refractivity contribution in [3.8, 4) is 11.5 Å². The summed E-state index contributed by atoms with van der Waals surface area (Å²) < 4.78 is 10.6. The first kappa shape index (κ1) is 14.2. The van der Waals surface area contributed by atoms with E-state index >= 15 is 0 Å². The minimum atomic E-state index is 0.789. The summed E-state index contributed by atoms with van der Waals surface area (Å²) in [5.74, 6) is 1.58. The van der Waals surface area contributed by atoms with Gasteiger partial charge in [-0.2, -0.15) is 0 Å². The van der Waals surface area contributed by atoms with Gasteiger partial charge in [0.05, 0.1) is 14.2 Å². The molecule has 0 N–H and O–H groups in total. The second kappa shape index (κ2) is 6.35. The van der Waals surface area contributed by atoms with Gasteiger partial charge in [0.25, 0.3) is 0 Å². The van der Waals surface area contributed by atoms with Gasteiger partial charge in [-0.05, 0) is 40.1 Å². The molecule has 0 unspecified atom stereocenters. The van der Waals surface area contributed by atoms with Crippen LogP contribution in [0.5, 0.6) is 11.5 Å². The topological polar surface area (TPSA) is 18.5 Å². The van der Waals surface area contributed by atoms with Gasteiger partial charge in [-0.15, -0.1) is 0 Å². The highest BCUT2D eigenvalue weighted by Crippen LogP contribution is 2.24. The molecule has 2 nitrogen and oxygen atoms in total. The minimum absolute atomic E-state index is 0.789. The number of hydrogen-bond acceptors (Lipinski definition) is 2. The maximum absolute atomic E-state index is 5.29. The van der Waals surface area contributed by atoms with Crippen LogP contribution in [0.1, 0.15) is 11.1 Å². The number of ether oxygens (including phenoxy) is 2. The van der Waals surface area contributed by atoms with Gasteiger partial charge in [0.1, 0.15) is 11.5 Å². The van der Waals surface area contributed by atoms with Crippen LogP contribution in [0.4, 0.5) is 0 Å². The molecule has 0 saturated carbocycles. The van der Waals surface area contributed by atoms with Gasteiger partial charge in [-0.1, -0.05) is 48.6 Å². The first-order chi connectivity index (χ1) is 10.8. The van der Waals surface area contributed by atoms with E-state index in [4.69, 9.17) is 9.47 Å². The molecule has 3 aromatic rings. The Morgan fingerprint density at radius 1 is 0.636 bits per heavy atom. The molecule has 0 aromatic heterocycles. The van der Waals surface area contributed by atoms with Gasteiger partial charge < -0.3 is 9.47 Å². The molecule has 0 fully saturated rings. The number of hydrogen-bond donors (Lipinski definition) is 0. The van der Waals surface area contributed by atoms with Gasteiger partial charge in [0.2, 0.25) is 0 Å². The van der Waals surface area contributed by atoms with Gasteiger partial charge >= 0.3 is 0 Å². The van der Waals surface area contributed by atoms with E-state index in [1.54, 1.807) is 14.2 Å². The molecule has 0 radical (unpaired) electrons. The molecule has 0 aliphatic carbocycles. The third-order valence-corrected chi connectivity index (χ3v) is 3.62. The van der Waals surface area contributed by atoms with E-state index < -0.39 is 0 Å². The number of benzene rings is 3. The average molecular weight is 290 g/mol. The van der Waals surface area contributed by atoms with E-state index in [-0.39, 0.29) is 0 Å². The van der Waals surface area contributed by atoms with Crippen molar-refractivity contribution in [2.45, 2.75) is 0 Å². The van der Waals surface area contributed by atoms with Crippen molar-refractivity contribution in [2.24, 2.45) is 0 Å². The summed E-state index contributed by atoms with van der Waals surface area (Å²) in [4.78, 5) is 0. The molecule has 0 saturated heterocycles. The van der Waals surface area contributed by atoms with Crippen molar-refractivity contribution in [1.29, 1.82) is 0 Å². The van der Waals surface area contributed by atoms with Gasteiger partial charge in [-0.3, -0.25) is 0 Å². The fourth-order valence-electron chi connectivity index (χ4n) is 2.43. The Balaban J connectivity index is 1.91. The summed E-state index contributed by atoms with van der Waals surface area (Å²) in [5.41, 5.74) is 2.21. The summed E-state index contributed by atoms with van der Waals surface area (Å²) in [6, 6.07) is 20.6. The van der Waals surface area contributed by atoms with Gasteiger partial charge in [0, 0.05) is 6.07 Å². The zero-order valence-electron chi connectivity index (χ0n) is 12.7. The lowest BCUT2D eigenvalue weighted by Gasteiger charge is -2.06. The molecule has 3 aromatic carbocycles. The maximum atomic E-state index is 5.29. The Hall–Kier alpha value is -2.74. The normalized spacial score (nSPS) is 11.0. The molecular weight excluding hydrogens is 272 g/mol. The number of fused-ring (bicyclic) bond motifs is 1. The average Bonchev–Trinajstić information content (AvgIpc) is 2.59. The second-order valence-corrected chi connectivity index (χ2v) is 5.09. The highest BCUT2D eigenvalue weighted by atomic mass is 16.5. The molecule has 0 spiro atoms. The van der Waals surface area contributed by atoms with E-state index in [0.717, 1.165) is 17.1 Å². The highest BCUT2D eigenvalue weighted by Gasteiger charge is 1.99. The highest BCUT2D eigenvalue weighted by molar-refractivity contribution is 5.86. The molecular formula is C20H18O2. The van der Waals surface area contributed by atoms with Crippen LogP contribution >= 0.6 is 0 Å². The lowest BCUT2D eigenvalue weighted by Crippen LogP contribution is -1.88. The fourth-order valence-corrected chi connectivity index (χ4v) is 2.43. The van der Waals surface area contributed by atoms with E-state index in [9.17, 15) is 0 Å². The van der Waals surface area contributed by atoms with Crippen LogP contribution in [0.3, 0.4) is 0 Å². The molecule has 0 aliphatic heterocycles. The predicted octanol–water partition coefficient (Wildman–Crippen LogP) is 5.03. The summed E-state index contributed by atoms with van der Waals surface area (Å²) in [6.45, 7) is 0. The molecule has 3 rings (SSSR count). The van der Waals surface area contributed by atoms with Crippen molar-refractivity contribution >= 4 is 22.9 Å². The Morgan fingerprint density at radius 3 is 1.95 bits per heavy atom. The van der Waals surface area contributed by atoms with E-state index in [2.05, 4.69) is 54.6 Å². The largest absolute Gasteiger partial charge is 0.497 e. The van der Waals surface area contributed by atoms with Gasteiger partial charge in [0.15, 0.2) is 0 Å². The van der Waals surface area contributed by atoms with Crippen LogP contribution in [0.15, 0.2) is 60.7 Å². The first-order valence-corrected chi connectivity index (χ1v) is 7.18. The van der Waals surface area contributed by atoms with Crippen molar-refractivity contribution in [3.63, 3.8) is 0 Å². The molecule has 0 bridgehead atoms. The van der Waals surface area contributed by atoms with Crippen molar-refractivity contribution in [3.05, 3.63) is 71.8 Å². The lowest BCUT2D eigenvalue weighted by atomic mass is 10.1. The molecule has 0 aliphatic rings. The monoisotopic (exact) mass is 290 g/mol. The predicted molar refractivity (Wildman–Crippen MR) is 92.4 cm³/mol. The zero-order valence-corrected chi connectivity index (χ0v) is 12.7. The zero-order chi connectivity index (χ0) is 15.4. The fraction of sp³-hybridized carbons (Fsp3) is 0.100. The SMILES string of the molecule is COc1cc(/C=C/c2ccc3ccccc3c2)cc(OC)c1. The smallest absolute Gasteiger partial charge is 0.123 e. The second-order valence-electron chi connectivity index (χ2n) is 5.09. The molecule has 2 heteroatoms. The van der Waals surface area contributed by atoms with Crippen LogP contribution < -0.4 is 9.47 Å². The van der Waals surface area contributed by atoms with Crippen LogP contribution in [0, 0.1) is 0 Å². The number of methoxy groups -OCH3 is 2. The Bertz CT molecular complexity index is 797. The summed E-state index contributed by atoms with van der Waals surface area (Å²) in [6.07, 6.45) is 4.16. The third-order valence-electron chi connectivity index (χ3n) is 3.62. The third kappa shape index (κ3) is 3.12. The lowest BCUT2D eigenvalue weighted by molar-refractivity contribution is 0.394. The van der Waals surface area contributed by atoms with Crippen LogP contribution in [-0.4, -0.2) is 14.2 Å². The van der Waals surface area contributed by atoms with E-state index in [1.165, 1.54) is 16.3 Å². The molecule has 22 heavy (non-hydrogen) atoms. The number of rotatable bonds is 4. The van der Waals surface area contributed by atoms with Crippen LogP contribution in [0.25, 0.3) is 22.9 Å². The van der Waals surface area contributed by atoms with Crippen molar-refractivity contribution in [2.75, 3.05) is 14.2 Å². The Morgan fingerprint density at radius 2 is 1.27 bits per heavy atom. The van der Waals surface area contributed by atoms with Crippen molar-refractivity contribution < 1.29 is 9.47 Å². The van der Waals surface area contributed by atoms with Crippen molar-refractivity contribution in [1.82, 2.24) is 0 Å². The molecule has 0 amide bonds. The maximum Gasteiger partial charge on any atom is 0.123 e. The molecule has 110 valence electrons. The van der Waals surface area contributed by atoms with E-state index in [0.29, 0.717) is 0 Å². The standard InChI is InChI=1S/C20H18O2/c1-21-19-12-16(13-20(14-19)22-2)8-7-15-9-10-17-5-3-4-6-18(17)11-15/h3-14H,1-2H3/b8-7+. The summed E-state index contributed by atoms with van der Waals surface area (Å²) in [5, 5.41) is 2.50. The quantitative estimate of drug-likeness (QED) is 0.628. The summed E-state index contributed by atoms with van der Waals surface area (Å²) in [7, 11) is 3.32. The Labute approximate surface area is 130 Å². The molecule has 0 atom stereocenters. The van der Waals surface area contributed by atoms with Crippen LogP contribution in [0.2, 0.25) is 0 Å². The van der Waals surface area contributed by atoms with E-state index in [1.807, 2.05) is 18.2 Å². The minimum Gasteiger partial charge on any atom is -0.497 e. The van der Waals surface area contributed by atoms with Crippen LogP contribution in [-0.2, 0) is 0 Å². The Kier molecular flexibility index (Phi) is 4.10.